The molecule has 2 aromatic rings. The van der Waals surface area contributed by atoms with Gasteiger partial charge in [-0.3, -0.25) is 19.3 Å². The standard InChI is InChI=1S/C23H19N3O3/c1-3-13-25-17-12-8-7-11-16(17)23(22(25)29)19-18(14(2)24-23)20(27)26(21(19)28)15-9-5-4-6-10-15/h1,4-12,14,18-19,24H,13H2,2H3/p+1/t14-,18+,19+,23+/m1/s1. The maximum Gasteiger partial charge on any atom is 0.295 e. The average molecular weight is 386 g/mol. The number of terminal acetylenes is 1. The number of benzene rings is 2. The number of nitrogens with zero attached hydrogens (tertiary/aromatic N) is 2. The van der Waals surface area contributed by atoms with Gasteiger partial charge in [-0.05, 0) is 25.1 Å². The number of hydrogen-bond donors (Lipinski definition) is 1. The maximum absolute atomic E-state index is 13.7. The zero-order valence-corrected chi connectivity index (χ0v) is 15.9. The predicted molar refractivity (Wildman–Crippen MR) is 107 cm³/mol. The van der Waals surface area contributed by atoms with E-state index in [2.05, 4.69) is 5.92 Å². The molecule has 3 amide bonds. The first-order chi connectivity index (χ1) is 14.0. The Morgan fingerprint density at radius 3 is 2.45 bits per heavy atom. The molecule has 2 aromatic carbocycles. The van der Waals surface area contributed by atoms with E-state index >= 15 is 0 Å². The highest BCUT2D eigenvalue weighted by Gasteiger charge is 2.74. The van der Waals surface area contributed by atoms with Crippen LogP contribution in [0.4, 0.5) is 11.4 Å². The van der Waals surface area contributed by atoms with Gasteiger partial charge in [0.25, 0.3) is 5.91 Å². The van der Waals surface area contributed by atoms with Gasteiger partial charge >= 0.3 is 0 Å². The zero-order chi connectivity index (χ0) is 20.3. The van der Waals surface area contributed by atoms with Gasteiger partial charge in [0.2, 0.25) is 17.4 Å². The summed E-state index contributed by atoms with van der Waals surface area (Å²) in [7, 11) is 0. The van der Waals surface area contributed by atoms with E-state index in [-0.39, 0.29) is 30.3 Å². The van der Waals surface area contributed by atoms with Gasteiger partial charge in [-0.25, -0.2) is 4.90 Å². The minimum Gasteiger partial charge on any atom is -0.326 e. The fourth-order valence-electron chi connectivity index (χ4n) is 5.37. The lowest BCUT2D eigenvalue weighted by Crippen LogP contribution is -2.98. The van der Waals surface area contributed by atoms with Crippen molar-refractivity contribution in [2.45, 2.75) is 18.5 Å². The predicted octanol–water partition coefficient (Wildman–Crippen LogP) is 0.633. The number of fused-ring (bicyclic) bond motifs is 4. The molecule has 4 atom stereocenters. The topological polar surface area (TPSA) is 74.3 Å². The normalized spacial score (nSPS) is 30.1. The fourth-order valence-corrected chi connectivity index (χ4v) is 5.37. The van der Waals surface area contributed by atoms with E-state index in [0.717, 1.165) is 11.3 Å². The molecule has 0 aromatic heterocycles. The van der Waals surface area contributed by atoms with Crippen molar-refractivity contribution in [3.63, 3.8) is 0 Å². The third-order valence-electron chi connectivity index (χ3n) is 6.44. The minimum absolute atomic E-state index is 0.127. The summed E-state index contributed by atoms with van der Waals surface area (Å²) in [6.07, 6.45) is 5.51. The highest BCUT2D eigenvalue weighted by atomic mass is 16.2. The van der Waals surface area contributed by atoms with Gasteiger partial charge in [0, 0.05) is 5.56 Å². The molecular weight excluding hydrogens is 366 g/mol. The molecule has 144 valence electrons. The van der Waals surface area contributed by atoms with Crippen LogP contribution in [0.25, 0.3) is 0 Å². The maximum atomic E-state index is 13.7. The van der Waals surface area contributed by atoms with E-state index in [9.17, 15) is 14.4 Å². The summed E-state index contributed by atoms with van der Waals surface area (Å²) in [5.41, 5.74) is 0.862. The van der Waals surface area contributed by atoms with Crippen LogP contribution < -0.4 is 15.1 Å². The van der Waals surface area contributed by atoms with Crippen molar-refractivity contribution < 1.29 is 19.7 Å². The molecule has 3 aliphatic heterocycles. The van der Waals surface area contributed by atoms with E-state index in [0.29, 0.717) is 5.69 Å². The highest BCUT2D eigenvalue weighted by Crippen LogP contribution is 2.51. The molecule has 5 rings (SSSR count). The summed E-state index contributed by atoms with van der Waals surface area (Å²) in [6.45, 7) is 2.04. The molecule has 29 heavy (non-hydrogen) atoms. The van der Waals surface area contributed by atoms with Crippen LogP contribution in [-0.2, 0) is 19.9 Å². The molecule has 2 N–H and O–H groups in total. The third kappa shape index (κ3) is 2.08. The van der Waals surface area contributed by atoms with Crippen LogP contribution >= 0.6 is 0 Å². The molecule has 1 spiro atoms. The first-order valence-corrected chi connectivity index (χ1v) is 9.66. The SMILES string of the molecule is C#CCN1C(=O)[C@]2([NH2+][C@H](C)[C@@H]3C(=O)N(c4ccccc4)C(=O)[C@H]32)c2ccccc21. The summed E-state index contributed by atoms with van der Waals surface area (Å²) < 4.78 is 0. The quantitative estimate of drug-likeness (QED) is 0.608. The number of quaternary nitrogens is 1. The Morgan fingerprint density at radius 1 is 1.03 bits per heavy atom. The zero-order valence-electron chi connectivity index (χ0n) is 15.9. The van der Waals surface area contributed by atoms with Crippen LogP contribution in [-0.4, -0.2) is 30.3 Å². The number of para-hydroxylation sites is 2. The molecule has 2 saturated heterocycles. The van der Waals surface area contributed by atoms with Crippen molar-refractivity contribution in [3.05, 3.63) is 60.2 Å². The highest BCUT2D eigenvalue weighted by molar-refractivity contribution is 6.25. The van der Waals surface area contributed by atoms with Gasteiger partial charge in [0.15, 0.2) is 0 Å². The van der Waals surface area contributed by atoms with Crippen molar-refractivity contribution >= 4 is 29.1 Å². The van der Waals surface area contributed by atoms with Gasteiger partial charge in [-0.2, -0.15) is 0 Å². The van der Waals surface area contributed by atoms with Gasteiger partial charge in [0.05, 0.1) is 24.0 Å². The molecule has 0 saturated carbocycles. The average Bonchev–Trinajstić information content (AvgIpc) is 3.27. The number of nitrogens with two attached hydrogens (primary N) is 1. The van der Waals surface area contributed by atoms with E-state index in [1.807, 2.05) is 42.6 Å². The lowest BCUT2D eigenvalue weighted by molar-refractivity contribution is -0.730. The van der Waals surface area contributed by atoms with Crippen LogP contribution in [0, 0.1) is 24.2 Å². The van der Waals surface area contributed by atoms with Crippen LogP contribution in [0.15, 0.2) is 54.6 Å². The monoisotopic (exact) mass is 386 g/mol. The first-order valence-electron chi connectivity index (χ1n) is 9.66. The van der Waals surface area contributed by atoms with Gasteiger partial charge in [-0.1, -0.05) is 42.3 Å². The van der Waals surface area contributed by atoms with Gasteiger partial charge in [0.1, 0.15) is 11.8 Å². The second kappa shape index (κ2) is 6.03. The van der Waals surface area contributed by atoms with Crippen LogP contribution in [0.3, 0.4) is 0 Å². The lowest BCUT2D eigenvalue weighted by atomic mass is 9.76. The number of amides is 3. The first kappa shape index (κ1) is 17.7. The summed E-state index contributed by atoms with van der Waals surface area (Å²) in [5, 5.41) is 1.90. The van der Waals surface area contributed by atoms with E-state index in [1.54, 1.807) is 29.2 Å². The molecule has 0 unspecified atom stereocenters. The molecule has 6 heteroatoms. The van der Waals surface area contributed by atoms with Crippen LogP contribution in [0.5, 0.6) is 0 Å². The van der Waals surface area contributed by atoms with Crippen molar-refractivity contribution in [3.8, 4) is 12.3 Å². The lowest BCUT2D eigenvalue weighted by Gasteiger charge is -2.26. The van der Waals surface area contributed by atoms with Crippen molar-refractivity contribution in [2.24, 2.45) is 11.8 Å². The second-order valence-corrected chi connectivity index (χ2v) is 7.86. The summed E-state index contributed by atoms with van der Waals surface area (Å²) in [5.74, 6) is 0.435. The molecular formula is C23H20N3O3+. The van der Waals surface area contributed by atoms with E-state index in [1.165, 1.54) is 4.90 Å². The largest absolute Gasteiger partial charge is 0.326 e. The molecule has 0 radical (unpaired) electrons. The molecule has 6 nitrogen and oxygen atoms in total. The van der Waals surface area contributed by atoms with E-state index < -0.39 is 17.4 Å². The molecule has 3 aliphatic rings. The molecule has 2 fully saturated rings. The smallest absolute Gasteiger partial charge is 0.295 e. The number of carbonyl (C=O) groups is 3. The number of rotatable bonds is 2. The minimum atomic E-state index is -1.16. The number of imide groups is 1. The molecule has 3 heterocycles. The number of anilines is 2. The summed E-state index contributed by atoms with van der Waals surface area (Å²) in [4.78, 5) is 43.4. The Labute approximate surface area is 168 Å². The molecule has 0 bridgehead atoms. The van der Waals surface area contributed by atoms with Crippen molar-refractivity contribution in [2.75, 3.05) is 16.3 Å². The summed E-state index contributed by atoms with van der Waals surface area (Å²) in [6, 6.07) is 16.1. The number of carbonyl (C=O) groups excluding carboxylic acids is 3. The Hall–Kier alpha value is -3.43. The second-order valence-electron chi connectivity index (χ2n) is 7.86. The Morgan fingerprint density at radius 2 is 1.72 bits per heavy atom. The van der Waals surface area contributed by atoms with E-state index in [4.69, 9.17) is 6.42 Å². The van der Waals surface area contributed by atoms with Gasteiger partial charge in [-0.15, -0.1) is 6.42 Å². The van der Waals surface area contributed by atoms with Gasteiger partial charge < -0.3 is 5.32 Å². The Kier molecular flexibility index (Phi) is 3.67. The Bertz CT molecular complexity index is 1090. The van der Waals surface area contributed by atoms with Crippen LogP contribution in [0.2, 0.25) is 0 Å². The Balaban J connectivity index is 1.69. The van der Waals surface area contributed by atoms with Crippen molar-refractivity contribution in [1.82, 2.24) is 0 Å². The number of hydrogen-bond acceptors (Lipinski definition) is 3. The third-order valence-corrected chi connectivity index (χ3v) is 6.44. The van der Waals surface area contributed by atoms with Crippen molar-refractivity contribution in [1.29, 1.82) is 0 Å². The molecule has 0 aliphatic carbocycles. The summed E-state index contributed by atoms with van der Waals surface area (Å²) >= 11 is 0. The van der Waals surface area contributed by atoms with Crippen LogP contribution in [0.1, 0.15) is 12.5 Å². The fraction of sp³-hybridized carbons (Fsp3) is 0.261.